The van der Waals surface area contributed by atoms with Gasteiger partial charge in [-0.3, -0.25) is 0 Å². The van der Waals surface area contributed by atoms with Crippen molar-refractivity contribution >= 4 is 0 Å². The number of aryl methyl sites for hydroxylation is 4. The lowest BCUT2D eigenvalue weighted by atomic mass is 9.97. The molecule has 4 rings (SSSR count). The molecule has 0 radical (unpaired) electrons. The van der Waals surface area contributed by atoms with E-state index in [0.29, 0.717) is 24.0 Å². The maximum absolute atomic E-state index is 6.19. The Morgan fingerprint density at radius 2 is 1.03 bits per heavy atom. The molecule has 0 aromatic heterocycles. The van der Waals surface area contributed by atoms with E-state index in [1.807, 2.05) is 0 Å². The Bertz CT molecular complexity index is 864. The summed E-state index contributed by atoms with van der Waals surface area (Å²) in [5, 5.41) is 0. The molecule has 2 aromatic carbocycles. The maximum atomic E-state index is 6.19. The molecular formula is C31H44O4. The molecular weight excluding hydrogens is 436 g/mol. The van der Waals surface area contributed by atoms with Crippen molar-refractivity contribution in [3.05, 3.63) is 57.6 Å². The zero-order valence-electron chi connectivity index (χ0n) is 22.6. The third-order valence-electron chi connectivity index (χ3n) is 7.54. The van der Waals surface area contributed by atoms with E-state index in [4.69, 9.17) is 18.9 Å². The average Bonchev–Trinajstić information content (AvgIpc) is 3.69. The molecule has 2 heterocycles. The summed E-state index contributed by atoms with van der Waals surface area (Å²) < 4.78 is 23.2. The number of benzene rings is 2. The van der Waals surface area contributed by atoms with E-state index >= 15 is 0 Å². The molecule has 4 atom stereocenters. The molecule has 0 amide bonds. The van der Waals surface area contributed by atoms with Crippen molar-refractivity contribution in [2.75, 3.05) is 26.4 Å². The third-order valence-corrected chi connectivity index (χ3v) is 7.54. The predicted octanol–water partition coefficient (Wildman–Crippen LogP) is 6.90. The van der Waals surface area contributed by atoms with Gasteiger partial charge in [-0.15, -0.1) is 0 Å². The van der Waals surface area contributed by atoms with Crippen LogP contribution in [0.3, 0.4) is 0 Å². The number of ether oxygens (including phenoxy) is 4. The zero-order chi connectivity index (χ0) is 24.9. The first-order valence-corrected chi connectivity index (χ1v) is 13.5. The molecule has 0 saturated carbocycles. The highest BCUT2D eigenvalue weighted by Gasteiger charge is 2.29. The summed E-state index contributed by atoms with van der Waals surface area (Å²) in [7, 11) is 0. The number of epoxide rings is 2. The molecule has 0 spiro atoms. The van der Waals surface area contributed by atoms with Crippen LogP contribution in [0.2, 0.25) is 0 Å². The van der Waals surface area contributed by atoms with E-state index in [9.17, 15) is 0 Å². The fraction of sp³-hybridized carbons (Fsp3) is 0.613. The van der Waals surface area contributed by atoms with E-state index in [0.717, 1.165) is 70.0 Å². The van der Waals surface area contributed by atoms with E-state index in [1.54, 1.807) is 0 Å². The van der Waals surface area contributed by atoms with Crippen LogP contribution in [0.15, 0.2) is 24.3 Å². The van der Waals surface area contributed by atoms with Gasteiger partial charge in [0.15, 0.2) is 0 Å². The van der Waals surface area contributed by atoms with Crippen LogP contribution in [0.4, 0.5) is 0 Å². The van der Waals surface area contributed by atoms with Gasteiger partial charge < -0.3 is 18.9 Å². The summed E-state index contributed by atoms with van der Waals surface area (Å²) >= 11 is 0. The van der Waals surface area contributed by atoms with Crippen LogP contribution in [0.25, 0.3) is 0 Å². The number of hydrogen-bond donors (Lipinski definition) is 0. The predicted molar refractivity (Wildman–Crippen MR) is 142 cm³/mol. The van der Waals surface area contributed by atoms with Gasteiger partial charge in [-0.25, -0.2) is 0 Å². The van der Waals surface area contributed by atoms with Gasteiger partial charge in [0.25, 0.3) is 0 Å². The Labute approximate surface area is 212 Å². The van der Waals surface area contributed by atoms with Crippen LogP contribution in [0, 0.1) is 39.5 Å². The van der Waals surface area contributed by atoms with Crippen molar-refractivity contribution < 1.29 is 18.9 Å². The summed E-state index contributed by atoms with van der Waals surface area (Å²) in [6.45, 7) is 16.6. The first-order chi connectivity index (χ1) is 16.8. The van der Waals surface area contributed by atoms with Crippen LogP contribution in [0.1, 0.15) is 72.9 Å². The highest BCUT2D eigenvalue weighted by atomic mass is 16.6. The van der Waals surface area contributed by atoms with Crippen molar-refractivity contribution in [1.29, 1.82) is 0 Å². The molecule has 0 N–H and O–H groups in total. The van der Waals surface area contributed by atoms with Crippen molar-refractivity contribution in [2.24, 2.45) is 11.8 Å². The fourth-order valence-corrected chi connectivity index (χ4v) is 5.27. The Hall–Kier alpha value is -2.04. The average molecular weight is 481 g/mol. The van der Waals surface area contributed by atoms with Gasteiger partial charge in [-0.2, -0.15) is 0 Å². The molecule has 4 heteroatoms. The van der Waals surface area contributed by atoms with Crippen molar-refractivity contribution in [3.63, 3.8) is 0 Å². The van der Waals surface area contributed by atoms with Crippen LogP contribution in [-0.2, 0) is 15.9 Å². The second kappa shape index (κ2) is 11.8. The lowest BCUT2D eigenvalue weighted by Crippen LogP contribution is -2.08. The first-order valence-electron chi connectivity index (χ1n) is 13.5. The first kappa shape index (κ1) is 26.0. The highest BCUT2D eigenvalue weighted by molar-refractivity contribution is 5.47. The minimum atomic E-state index is 0.488. The summed E-state index contributed by atoms with van der Waals surface area (Å²) in [6, 6.07) is 9.12. The fourth-order valence-electron chi connectivity index (χ4n) is 5.27. The molecule has 192 valence electrons. The topological polar surface area (TPSA) is 43.5 Å². The Kier molecular flexibility index (Phi) is 8.77. The van der Waals surface area contributed by atoms with Crippen LogP contribution in [-0.4, -0.2) is 38.6 Å². The van der Waals surface area contributed by atoms with Crippen LogP contribution in [0.5, 0.6) is 11.5 Å². The zero-order valence-corrected chi connectivity index (χ0v) is 22.6. The maximum Gasteiger partial charge on any atom is 0.125 e. The Morgan fingerprint density at radius 3 is 1.34 bits per heavy atom. The molecule has 2 fully saturated rings. The molecule has 4 nitrogen and oxygen atoms in total. The van der Waals surface area contributed by atoms with Gasteiger partial charge in [0.05, 0.1) is 38.6 Å². The molecule has 2 aliphatic rings. The molecule has 2 aliphatic heterocycles. The second-order valence-corrected chi connectivity index (χ2v) is 11.0. The third kappa shape index (κ3) is 7.47. The van der Waals surface area contributed by atoms with Crippen molar-refractivity contribution in [3.8, 4) is 11.5 Å². The van der Waals surface area contributed by atoms with Crippen molar-refractivity contribution in [1.82, 2.24) is 0 Å². The van der Waals surface area contributed by atoms with Gasteiger partial charge in [-0.1, -0.05) is 38.1 Å². The van der Waals surface area contributed by atoms with E-state index in [2.05, 4.69) is 65.8 Å². The van der Waals surface area contributed by atoms with Gasteiger partial charge in [-0.05, 0) is 105 Å². The minimum absolute atomic E-state index is 0.488. The normalized spacial score (nSPS) is 20.4. The molecule has 2 saturated heterocycles. The molecule has 4 unspecified atom stereocenters. The second-order valence-electron chi connectivity index (χ2n) is 11.0. The standard InChI is InChI=1S/C31H44O4/c1-20(28-18-34-28)9-7-11-32-30-22(3)13-26(14-23(30)4)17-27-15-24(5)31(25(6)16-27)33-12-8-10-21(2)29-19-35-29/h13-16,20-21,28-29H,7-12,17-19H2,1-6H3. The monoisotopic (exact) mass is 480 g/mol. The Balaban J connectivity index is 1.29. The molecule has 0 aliphatic carbocycles. The highest BCUT2D eigenvalue weighted by Crippen LogP contribution is 2.30. The summed E-state index contributed by atoms with van der Waals surface area (Å²) in [5.74, 6) is 3.36. The van der Waals surface area contributed by atoms with Gasteiger partial charge in [0.1, 0.15) is 11.5 Å². The van der Waals surface area contributed by atoms with Crippen LogP contribution < -0.4 is 9.47 Å². The largest absolute Gasteiger partial charge is 0.493 e. The lowest BCUT2D eigenvalue weighted by molar-refractivity contribution is 0.273. The van der Waals surface area contributed by atoms with Gasteiger partial charge in [0.2, 0.25) is 0 Å². The summed E-state index contributed by atoms with van der Waals surface area (Å²) in [4.78, 5) is 0. The lowest BCUT2D eigenvalue weighted by Gasteiger charge is -2.17. The molecule has 2 aromatic rings. The van der Waals surface area contributed by atoms with E-state index in [1.165, 1.54) is 33.4 Å². The van der Waals surface area contributed by atoms with E-state index < -0.39 is 0 Å². The van der Waals surface area contributed by atoms with Gasteiger partial charge >= 0.3 is 0 Å². The number of hydrogen-bond acceptors (Lipinski definition) is 4. The van der Waals surface area contributed by atoms with Crippen LogP contribution >= 0.6 is 0 Å². The Morgan fingerprint density at radius 1 is 0.686 bits per heavy atom. The number of rotatable bonds is 14. The SMILES string of the molecule is Cc1cc(Cc2cc(C)c(OCCCC(C)C3CO3)c(C)c2)cc(C)c1OCCCC(C)C1CO1. The molecule has 35 heavy (non-hydrogen) atoms. The quantitative estimate of drug-likeness (QED) is 0.218. The molecule has 0 bridgehead atoms. The summed E-state index contributed by atoms with van der Waals surface area (Å²) in [6.07, 6.45) is 6.36. The smallest absolute Gasteiger partial charge is 0.125 e. The summed E-state index contributed by atoms with van der Waals surface area (Å²) in [5.41, 5.74) is 7.54. The van der Waals surface area contributed by atoms with Crippen molar-refractivity contribution in [2.45, 2.75) is 85.9 Å². The van der Waals surface area contributed by atoms with Gasteiger partial charge in [0, 0.05) is 0 Å². The minimum Gasteiger partial charge on any atom is -0.493 e. The van der Waals surface area contributed by atoms with E-state index in [-0.39, 0.29) is 0 Å².